The molecule has 1 fully saturated rings. The largest absolute Gasteiger partial charge is 0.459 e. The van der Waals surface area contributed by atoms with E-state index in [1.165, 1.54) is 32.1 Å². The van der Waals surface area contributed by atoms with Crippen LogP contribution in [0.5, 0.6) is 0 Å². The zero-order chi connectivity index (χ0) is 18.1. The number of hydrogen-bond donors (Lipinski definition) is 2. The highest BCUT2D eigenvalue weighted by Gasteiger charge is 2.40. The molecule has 0 aromatic carbocycles. The summed E-state index contributed by atoms with van der Waals surface area (Å²) in [6.45, 7) is 2.79. The van der Waals surface area contributed by atoms with E-state index in [0.29, 0.717) is 24.7 Å². The Morgan fingerprint density at radius 3 is 2.84 bits per heavy atom. The Labute approximate surface area is 151 Å². The molecular weight excluding hydrogens is 318 g/mol. The Balaban J connectivity index is 2.23. The molecule has 3 atom stereocenters. The molecule has 1 heterocycles. The lowest BCUT2D eigenvalue weighted by Crippen LogP contribution is -2.42. The van der Waals surface area contributed by atoms with Gasteiger partial charge in [0, 0.05) is 19.1 Å². The van der Waals surface area contributed by atoms with Gasteiger partial charge in [-0.05, 0) is 50.5 Å². The van der Waals surface area contributed by atoms with Gasteiger partial charge in [0.15, 0.2) is 5.76 Å². The molecule has 0 aromatic rings. The number of aliphatic hydroxyl groups excluding tert-OH is 1. The fourth-order valence-electron chi connectivity index (χ4n) is 4.06. The molecule has 2 rings (SSSR count). The second-order valence-corrected chi connectivity index (χ2v) is 6.86. The van der Waals surface area contributed by atoms with Crippen LogP contribution in [-0.4, -0.2) is 37.1 Å². The van der Waals surface area contributed by atoms with Crippen molar-refractivity contribution in [3.63, 3.8) is 0 Å². The van der Waals surface area contributed by atoms with E-state index in [1.807, 2.05) is 13.0 Å². The van der Waals surface area contributed by atoms with Crippen molar-refractivity contribution in [3.05, 3.63) is 11.8 Å². The number of aliphatic hydroxyl groups is 1. The molecule has 1 saturated carbocycles. The van der Waals surface area contributed by atoms with Crippen LogP contribution in [0.15, 0.2) is 11.8 Å². The predicted octanol–water partition coefficient (Wildman–Crippen LogP) is 2.60. The molecule has 1 aliphatic carbocycles. The normalized spacial score (nSPS) is 27.1. The summed E-state index contributed by atoms with van der Waals surface area (Å²) in [4.78, 5) is 12.4. The molecule has 0 bridgehead atoms. The van der Waals surface area contributed by atoms with Crippen LogP contribution < -0.4 is 5.32 Å². The summed E-state index contributed by atoms with van der Waals surface area (Å²) in [5.74, 6) is 3.41. The van der Waals surface area contributed by atoms with E-state index < -0.39 is 6.29 Å². The summed E-state index contributed by atoms with van der Waals surface area (Å²) in [7, 11) is 0. The molecule has 2 aliphatic rings. The highest BCUT2D eigenvalue weighted by Crippen LogP contribution is 2.42. The first-order valence-electron chi connectivity index (χ1n) is 9.53. The minimum absolute atomic E-state index is 0.159. The van der Waals surface area contributed by atoms with Gasteiger partial charge in [-0.25, -0.2) is 0 Å². The van der Waals surface area contributed by atoms with Crippen LogP contribution in [0.3, 0.4) is 0 Å². The third-order valence-corrected chi connectivity index (χ3v) is 5.23. The van der Waals surface area contributed by atoms with Crippen LogP contribution in [-0.2, 0) is 14.3 Å². The van der Waals surface area contributed by atoms with Gasteiger partial charge in [-0.1, -0.05) is 25.2 Å². The minimum Gasteiger partial charge on any atom is -0.459 e. The number of rotatable bonds is 8. The maximum absolute atomic E-state index is 12.4. The van der Waals surface area contributed by atoms with E-state index in [1.54, 1.807) is 0 Å². The lowest BCUT2D eigenvalue weighted by atomic mass is 9.71. The zero-order valence-electron chi connectivity index (χ0n) is 15.2. The minimum atomic E-state index is -0.444. The molecule has 1 aliphatic heterocycles. The highest BCUT2D eigenvalue weighted by atomic mass is 16.7. The third kappa shape index (κ3) is 5.49. The number of carbonyl (C=O) groups is 1. The number of hydrogen-bond acceptors (Lipinski definition) is 4. The van der Waals surface area contributed by atoms with Gasteiger partial charge >= 0.3 is 0 Å². The van der Waals surface area contributed by atoms with E-state index in [0.717, 1.165) is 6.42 Å². The topological polar surface area (TPSA) is 67.8 Å². The summed E-state index contributed by atoms with van der Waals surface area (Å²) in [6.07, 6.45) is 14.4. The molecule has 1 amide bonds. The Bertz CT molecular complexity index is 490. The van der Waals surface area contributed by atoms with Crippen molar-refractivity contribution in [1.29, 1.82) is 0 Å². The quantitative estimate of drug-likeness (QED) is 0.661. The molecule has 0 radical (unpaired) electrons. The Morgan fingerprint density at radius 2 is 2.20 bits per heavy atom. The Hall–Kier alpha value is -1.51. The first-order chi connectivity index (χ1) is 12.2. The van der Waals surface area contributed by atoms with E-state index >= 15 is 0 Å². The standard InChI is InChI=1S/C20H31NO4/c1-3-12-21-19(23)18-14-17(15-9-6-5-7-10-15)16(11-8-13-22)20(25-18)24-4-2/h1,14-17,20,22H,4-13H2,2H3,(H,21,23)/t16-,17-,20-/m1/s1. The van der Waals surface area contributed by atoms with Crippen LogP contribution in [0.25, 0.3) is 0 Å². The first kappa shape index (κ1) is 19.8. The van der Waals surface area contributed by atoms with Gasteiger partial charge in [-0.15, -0.1) is 6.42 Å². The molecule has 0 spiro atoms. The lowest BCUT2D eigenvalue weighted by molar-refractivity contribution is -0.176. The summed E-state index contributed by atoms with van der Waals surface area (Å²) in [6, 6.07) is 0. The molecular formula is C20H31NO4. The van der Waals surface area contributed by atoms with Crippen LogP contribution in [0.1, 0.15) is 51.9 Å². The van der Waals surface area contributed by atoms with Crippen molar-refractivity contribution in [2.75, 3.05) is 19.8 Å². The maximum Gasteiger partial charge on any atom is 0.286 e. The van der Waals surface area contributed by atoms with Crippen LogP contribution in [0.2, 0.25) is 0 Å². The Morgan fingerprint density at radius 1 is 1.44 bits per heavy atom. The number of nitrogens with one attached hydrogen (secondary N) is 1. The zero-order valence-corrected chi connectivity index (χ0v) is 15.2. The molecule has 5 heteroatoms. The van der Waals surface area contributed by atoms with Gasteiger partial charge in [0.2, 0.25) is 6.29 Å². The lowest BCUT2D eigenvalue weighted by Gasteiger charge is -2.41. The van der Waals surface area contributed by atoms with Gasteiger partial charge in [-0.2, -0.15) is 0 Å². The Kier molecular flexibility index (Phi) is 8.30. The van der Waals surface area contributed by atoms with E-state index in [4.69, 9.17) is 15.9 Å². The average Bonchev–Trinajstić information content (AvgIpc) is 2.65. The van der Waals surface area contributed by atoms with E-state index in [9.17, 15) is 9.90 Å². The molecule has 0 saturated heterocycles. The van der Waals surface area contributed by atoms with Gasteiger partial charge in [0.1, 0.15) is 0 Å². The molecule has 2 N–H and O–H groups in total. The van der Waals surface area contributed by atoms with Gasteiger partial charge in [0.05, 0.1) is 6.54 Å². The van der Waals surface area contributed by atoms with E-state index in [2.05, 4.69) is 11.2 Å². The van der Waals surface area contributed by atoms with Crippen molar-refractivity contribution >= 4 is 5.91 Å². The fraction of sp³-hybridized carbons (Fsp3) is 0.750. The van der Waals surface area contributed by atoms with Gasteiger partial charge in [0.25, 0.3) is 5.91 Å². The van der Waals surface area contributed by atoms with E-state index in [-0.39, 0.29) is 30.9 Å². The fourth-order valence-corrected chi connectivity index (χ4v) is 4.06. The number of allylic oxidation sites excluding steroid dienone is 1. The van der Waals surface area contributed by atoms with Crippen LogP contribution in [0, 0.1) is 30.1 Å². The number of carbonyl (C=O) groups excluding carboxylic acids is 1. The average molecular weight is 349 g/mol. The highest BCUT2D eigenvalue weighted by molar-refractivity contribution is 5.91. The number of amides is 1. The van der Waals surface area contributed by atoms with Gasteiger partial charge < -0.3 is 19.9 Å². The number of terminal acetylenes is 1. The molecule has 140 valence electrons. The maximum atomic E-state index is 12.4. The predicted molar refractivity (Wildman–Crippen MR) is 96.3 cm³/mol. The summed E-state index contributed by atoms with van der Waals surface area (Å²) >= 11 is 0. The summed E-state index contributed by atoms with van der Waals surface area (Å²) in [5, 5.41) is 11.9. The van der Waals surface area contributed by atoms with Crippen molar-refractivity contribution in [2.24, 2.45) is 17.8 Å². The third-order valence-electron chi connectivity index (χ3n) is 5.23. The molecule has 0 aromatic heterocycles. The second-order valence-electron chi connectivity index (χ2n) is 6.86. The molecule has 0 unspecified atom stereocenters. The monoisotopic (exact) mass is 349 g/mol. The number of ether oxygens (including phenoxy) is 2. The van der Waals surface area contributed by atoms with Crippen molar-refractivity contribution in [3.8, 4) is 12.3 Å². The van der Waals surface area contributed by atoms with Crippen molar-refractivity contribution in [2.45, 2.75) is 58.2 Å². The molecule has 5 nitrogen and oxygen atoms in total. The smallest absolute Gasteiger partial charge is 0.286 e. The summed E-state index contributed by atoms with van der Waals surface area (Å²) in [5.41, 5.74) is 0. The van der Waals surface area contributed by atoms with Crippen LogP contribution >= 0.6 is 0 Å². The SMILES string of the molecule is C#CCNC(=O)C1=C[C@H](C2CCCCC2)[C@@H](CCCO)[C@H](OCC)O1. The van der Waals surface area contributed by atoms with Crippen molar-refractivity contribution in [1.82, 2.24) is 5.32 Å². The first-order valence-corrected chi connectivity index (χ1v) is 9.53. The summed E-state index contributed by atoms with van der Waals surface area (Å²) < 4.78 is 11.7. The van der Waals surface area contributed by atoms with Crippen LogP contribution in [0.4, 0.5) is 0 Å². The van der Waals surface area contributed by atoms with Gasteiger partial charge in [-0.3, -0.25) is 4.79 Å². The second kappa shape index (κ2) is 10.5. The molecule has 25 heavy (non-hydrogen) atoms. The van der Waals surface area contributed by atoms with Crippen molar-refractivity contribution < 1.29 is 19.4 Å².